The fraction of sp³-hybridized carbons (Fsp3) is 0.286. The van der Waals surface area contributed by atoms with Gasteiger partial charge in [-0.05, 0) is 43.7 Å². The van der Waals surface area contributed by atoms with E-state index >= 15 is 0 Å². The van der Waals surface area contributed by atoms with E-state index < -0.39 is 5.97 Å². The molecule has 0 saturated carbocycles. The van der Waals surface area contributed by atoms with E-state index in [-0.39, 0.29) is 13.2 Å². The van der Waals surface area contributed by atoms with Crippen molar-refractivity contribution in [1.82, 2.24) is 0 Å². The maximum atomic E-state index is 13.3. The number of benzene rings is 1. The van der Waals surface area contributed by atoms with E-state index in [2.05, 4.69) is 13.2 Å². The van der Waals surface area contributed by atoms with Crippen molar-refractivity contribution in [2.24, 2.45) is 0 Å². The van der Waals surface area contributed by atoms with Gasteiger partial charge in [0.2, 0.25) is 0 Å². The minimum Gasteiger partial charge on any atom is -0.497 e. The van der Waals surface area contributed by atoms with Crippen molar-refractivity contribution in [2.45, 2.75) is 13.8 Å². The van der Waals surface area contributed by atoms with Gasteiger partial charge < -0.3 is 18.9 Å². The van der Waals surface area contributed by atoms with E-state index in [1.165, 1.54) is 7.11 Å². The average Bonchev–Trinajstić information content (AvgIpc) is 2.66. The number of hydrogen-bond donors (Lipinski definition) is 0. The van der Waals surface area contributed by atoms with Crippen LogP contribution >= 0.6 is 0 Å². The summed E-state index contributed by atoms with van der Waals surface area (Å²) in [5, 5.41) is 0. The third-order valence-corrected chi connectivity index (χ3v) is 3.33. The van der Waals surface area contributed by atoms with Gasteiger partial charge in [-0.15, -0.1) is 0 Å². The molecule has 0 aliphatic heterocycles. The summed E-state index contributed by atoms with van der Waals surface area (Å²) >= 11 is 0. The molecule has 0 bridgehead atoms. The Kier molecular flexibility index (Phi) is 9.43. The molecule has 6 heteroatoms. The molecule has 0 radical (unpaired) electrons. The average molecular weight is 376 g/mol. The molecule has 1 rings (SSSR count). The Morgan fingerprint density at radius 3 is 2.48 bits per heavy atom. The number of methoxy groups -OCH3 is 1. The van der Waals surface area contributed by atoms with Gasteiger partial charge in [0.25, 0.3) is 0 Å². The number of halogens is 1. The van der Waals surface area contributed by atoms with Gasteiger partial charge in [0.05, 0.1) is 20.0 Å². The normalized spacial score (nSPS) is 11.2. The lowest BCUT2D eigenvalue weighted by Gasteiger charge is -2.14. The summed E-state index contributed by atoms with van der Waals surface area (Å²) in [7, 11) is 1.48. The van der Waals surface area contributed by atoms with E-state index in [4.69, 9.17) is 18.9 Å². The zero-order chi connectivity index (χ0) is 20.2. The predicted molar refractivity (Wildman–Crippen MR) is 103 cm³/mol. The molecule has 0 amide bonds. The Hall–Kier alpha value is -3.02. The number of ether oxygens (including phenoxy) is 4. The van der Waals surface area contributed by atoms with Gasteiger partial charge in [-0.25, -0.2) is 9.18 Å². The number of rotatable bonds is 11. The third-order valence-electron chi connectivity index (χ3n) is 3.33. The first-order valence-corrected chi connectivity index (χ1v) is 8.36. The highest BCUT2D eigenvalue weighted by Crippen LogP contribution is 2.31. The van der Waals surface area contributed by atoms with Crippen molar-refractivity contribution >= 4 is 11.5 Å². The lowest BCUT2D eigenvalue weighted by molar-refractivity contribution is -0.139. The Labute approximate surface area is 159 Å². The summed E-state index contributed by atoms with van der Waals surface area (Å²) in [6.45, 7) is 11.2. The molecule has 0 N–H and O–H groups in total. The van der Waals surface area contributed by atoms with Crippen LogP contribution in [0.4, 0.5) is 4.39 Å². The highest BCUT2D eigenvalue weighted by Gasteiger charge is 2.10. The standard InChI is InChI=1S/C21H25FO5/c1-6-25-19-10-9-17(18(14-22)8-7-16(4)24-5)13-20(19)26-11-12-27-21(23)15(2)3/h7-10,13-14H,2,4,6,11-12H2,1,3,5H3/b8-7-,18-14-. The van der Waals surface area contributed by atoms with E-state index in [0.29, 0.717) is 46.9 Å². The topological polar surface area (TPSA) is 54.0 Å². The SMILES string of the molecule is C=C(/C=C\C(=C\F)c1ccc(OCC)c(OCCOC(=O)C(=C)C)c1)OC. The van der Waals surface area contributed by atoms with Crippen LogP contribution in [-0.4, -0.2) is 32.9 Å². The highest BCUT2D eigenvalue weighted by molar-refractivity contribution is 5.86. The van der Waals surface area contributed by atoms with Gasteiger partial charge in [-0.1, -0.05) is 19.2 Å². The molecule has 1 aromatic carbocycles. The summed E-state index contributed by atoms with van der Waals surface area (Å²) in [4.78, 5) is 11.4. The number of esters is 1. The molecule has 0 saturated heterocycles. The fourth-order valence-electron chi connectivity index (χ4n) is 1.93. The summed E-state index contributed by atoms with van der Waals surface area (Å²) in [5.41, 5.74) is 1.21. The first-order valence-electron chi connectivity index (χ1n) is 8.36. The van der Waals surface area contributed by atoms with Crippen molar-refractivity contribution in [3.8, 4) is 11.5 Å². The second-order valence-corrected chi connectivity index (χ2v) is 5.43. The second kappa shape index (κ2) is 11.6. The lowest BCUT2D eigenvalue weighted by Crippen LogP contribution is -2.13. The zero-order valence-electron chi connectivity index (χ0n) is 15.9. The van der Waals surface area contributed by atoms with Gasteiger partial charge in [0.15, 0.2) is 11.5 Å². The van der Waals surface area contributed by atoms with Crippen LogP contribution in [0.25, 0.3) is 5.57 Å². The summed E-state index contributed by atoms with van der Waals surface area (Å²) in [6, 6.07) is 5.05. The molecule has 1 aromatic rings. The fourth-order valence-corrected chi connectivity index (χ4v) is 1.93. The van der Waals surface area contributed by atoms with Crippen LogP contribution in [-0.2, 0) is 14.3 Å². The monoisotopic (exact) mass is 376 g/mol. The maximum absolute atomic E-state index is 13.3. The summed E-state index contributed by atoms with van der Waals surface area (Å²) < 4.78 is 34.4. The largest absolute Gasteiger partial charge is 0.497 e. The van der Waals surface area contributed by atoms with Crippen LogP contribution in [0.1, 0.15) is 19.4 Å². The molecular formula is C21H25FO5. The second-order valence-electron chi connectivity index (χ2n) is 5.43. The Morgan fingerprint density at radius 1 is 1.15 bits per heavy atom. The first kappa shape index (κ1) is 22.0. The number of carbonyl (C=O) groups excluding carboxylic acids is 1. The van der Waals surface area contributed by atoms with E-state index in [9.17, 15) is 9.18 Å². The molecule has 0 unspecified atom stereocenters. The summed E-state index contributed by atoms with van der Waals surface area (Å²) in [6.07, 6.45) is 3.58. The van der Waals surface area contributed by atoms with E-state index in [0.717, 1.165) is 0 Å². The van der Waals surface area contributed by atoms with Crippen LogP contribution in [0.15, 0.2) is 61.2 Å². The van der Waals surface area contributed by atoms with Gasteiger partial charge in [-0.3, -0.25) is 0 Å². The lowest BCUT2D eigenvalue weighted by atomic mass is 10.1. The third kappa shape index (κ3) is 7.40. The van der Waals surface area contributed by atoms with Gasteiger partial charge in [-0.2, -0.15) is 0 Å². The molecule has 5 nitrogen and oxygen atoms in total. The van der Waals surface area contributed by atoms with Crippen LogP contribution in [0.5, 0.6) is 11.5 Å². The van der Waals surface area contributed by atoms with Gasteiger partial charge in [0.1, 0.15) is 19.0 Å². The van der Waals surface area contributed by atoms with Gasteiger partial charge >= 0.3 is 5.97 Å². The van der Waals surface area contributed by atoms with Gasteiger partial charge in [0, 0.05) is 11.1 Å². The van der Waals surface area contributed by atoms with Crippen molar-refractivity contribution < 1.29 is 28.1 Å². The molecule has 0 aliphatic carbocycles. The maximum Gasteiger partial charge on any atom is 0.333 e. The van der Waals surface area contributed by atoms with Crippen molar-refractivity contribution in [3.63, 3.8) is 0 Å². The molecular weight excluding hydrogens is 351 g/mol. The number of carbonyl (C=O) groups is 1. The number of hydrogen-bond acceptors (Lipinski definition) is 5. The Balaban J connectivity index is 2.92. The van der Waals surface area contributed by atoms with Crippen molar-refractivity contribution in [2.75, 3.05) is 26.9 Å². The molecule has 0 heterocycles. The Bertz CT molecular complexity index is 734. The Morgan fingerprint density at radius 2 is 1.89 bits per heavy atom. The van der Waals surface area contributed by atoms with Crippen LogP contribution in [0, 0.1) is 0 Å². The molecule has 0 aliphatic rings. The predicted octanol–water partition coefficient (Wildman–Crippen LogP) is 4.61. The minimum absolute atomic E-state index is 0.0564. The van der Waals surface area contributed by atoms with Crippen molar-refractivity contribution in [3.05, 3.63) is 66.7 Å². The first-order chi connectivity index (χ1) is 12.9. The van der Waals surface area contributed by atoms with E-state index in [1.807, 2.05) is 6.92 Å². The molecule has 0 aromatic heterocycles. The highest BCUT2D eigenvalue weighted by atomic mass is 19.1. The van der Waals surface area contributed by atoms with Crippen LogP contribution < -0.4 is 9.47 Å². The molecule has 0 atom stereocenters. The molecule has 0 spiro atoms. The quantitative estimate of drug-likeness (QED) is 0.186. The van der Waals surface area contributed by atoms with E-state index in [1.54, 1.807) is 37.3 Å². The smallest absolute Gasteiger partial charge is 0.333 e. The minimum atomic E-state index is -0.483. The molecule has 0 fully saturated rings. The van der Waals surface area contributed by atoms with Crippen LogP contribution in [0.2, 0.25) is 0 Å². The molecule has 146 valence electrons. The summed E-state index contributed by atoms with van der Waals surface area (Å²) in [5.74, 6) is 0.842. The van der Waals surface area contributed by atoms with Crippen molar-refractivity contribution in [1.29, 1.82) is 0 Å². The van der Waals surface area contributed by atoms with Crippen LogP contribution in [0.3, 0.4) is 0 Å². The number of allylic oxidation sites excluding steroid dienone is 3. The zero-order valence-corrected chi connectivity index (χ0v) is 15.9. The molecule has 27 heavy (non-hydrogen) atoms.